The number of halogens is 2. The summed E-state index contributed by atoms with van der Waals surface area (Å²) in [6.07, 6.45) is 8.23. The SMILES string of the molecule is CC(C)(O)CN=CC(=CN)Nc1nccc(C2=CC3CCC(C2)N3C(=O)C2CC2(F)F)n1. The molecule has 4 rings (SSSR count). The van der Waals surface area contributed by atoms with Crippen molar-refractivity contribution in [3.63, 3.8) is 0 Å². The molecule has 32 heavy (non-hydrogen) atoms. The number of allylic oxidation sites excluding steroid dienone is 1. The number of anilines is 1. The van der Waals surface area contributed by atoms with Crippen LogP contribution in [0, 0.1) is 5.92 Å². The normalized spacial score (nSPS) is 26.9. The fourth-order valence-corrected chi connectivity index (χ4v) is 4.24. The minimum Gasteiger partial charge on any atom is -0.403 e. The van der Waals surface area contributed by atoms with Gasteiger partial charge in [-0.05, 0) is 44.7 Å². The molecule has 3 unspecified atom stereocenters. The highest BCUT2D eigenvalue weighted by molar-refractivity contribution is 5.85. The Bertz CT molecular complexity index is 985. The molecule has 4 N–H and O–H groups in total. The van der Waals surface area contributed by atoms with Crippen molar-refractivity contribution in [1.29, 1.82) is 0 Å². The van der Waals surface area contributed by atoms with Gasteiger partial charge in [0.05, 0.1) is 29.6 Å². The number of fused-ring (bicyclic) bond motifs is 2. The number of aliphatic hydroxyl groups is 1. The first-order valence-electron chi connectivity index (χ1n) is 10.7. The molecule has 8 nitrogen and oxygen atoms in total. The van der Waals surface area contributed by atoms with Gasteiger partial charge in [0.15, 0.2) is 0 Å². The molecule has 1 saturated heterocycles. The molecule has 0 spiro atoms. The number of amides is 1. The molecule has 10 heteroatoms. The van der Waals surface area contributed by atoms with Crippen molar-refractivity contribution >= 4 is 23.6 Å². The van der Waals surface area contributed by atoms with E-state index in [2.05, 4.69) is 20.3 Å². The Hall–Kier alpha value is -2.88. The predicted molar refractivity (Wildman–Crippen MR) is 117 cm³/mol. The molecule has 3 atom stereocenters. The van der Waals surface area contributed by atoms with Crippen LogP contribution in [0.15, 0.2) is 35.2 Å². The predicted octanol–water partition coefficient (Wildman–Crippen LogP) is 2.33. The van der Waals surface area contributed by atoms with E-state index in [1.54, 1.807) is 31.0 Å². The number of carbonyl (C=O) groups is 1. The lowest BCUT2D eigenvalue weighted by Crippen LogP contribution is -2.44. The van der Waals surface area contributed by atoms with Gasteiger partial charge in [-0.15, -0.1) is 0 Å². The molecule has 3 aliphatic rings. The maximum atomic E-state index is 13.4. The molecule has 1 amide bonds. The summed E-state index contributed by atoms with van der Waals surface area (Å²) in [5, 5.41) is 12.8. The molecular weight excluding hydrogens is 418 g/mol. The van der Waals surface area contributed by atoms with Crippen LogP contribution < -0.4 is 11.1 Å². The van der Waals surface area contributed by atoms with Crippen LogP contribution in [0.4, 0.5) is 14.7 Å². The van der Waals surface area contributed by atoms with E-state index in [1.807, 2.05) is 6.08 Å². The summed E-state index contributed by atoms with van der Waals surface area (Å²) in [6.45, 7) is 3.53. The van der Waals surface area contributed by atoms with E-state index in [9.17, 15) is 18.7 Å². The summed E-state index contributed by atoms with van der Waals surface area (Å²) in [6, 6.07) is 1.54. The number of nitrogens with zero attached hydrogens (tertiary/aromatic N) is 4. The smallest absolute Gasteiger partial charge is 0.260 e. The molecule has 2 aliphatic heterocycles. The first kappa shape index (κ1) is 22.3. The van der Waals surface area contributed by atoms with Gasteiger partial charge in [0.2, 0.25) is 11.9 Å². The average Bonchev–Trinajstić information content (AvgIpc) is 3.29. The average molecular weight is 447 g/mol. The zero-order valence-electron chi connectivity index (χ0n) is 18.1. The Morgan fingerprint density at radius 3 is 2.84 bits per heavy atom. The van der Waals surface area contributed by atoms with Crippen molar-refractivity contribution in [3.8, 4) is 0 Å². The summed E-state index contributed by atoms with van der Waals surface area (Å²) in [5.74, 6) is -4.10. The number of aromatic nitrogens is 2. The molecule has 2 bridgehead atoms. The monoisotopic (exact) mass is 446 g/mol. The standard InChI is InChI=1S/C22H28F2N6O2/c1-21(2,32)12-26-11-14(10-25)28-20-27-6-5-18(29-20)13-7-15-3-4-16(8-13)30(15)19(31)17-9-22(17,23)24/h5-7,10-11,15-17,32H,3-4,8-9,12,25H2,1-2H3,(H,27,28,29). The number of nitrogens with two attached hydrogens (primary N) is 1. The largest absolute Gasteiger partial charge is 0.403 e. The summed E-state index contributed by atoms with van der Waals surface area (Å²) in [5.41, 5.74) is 6.89. The maximum Gasteiger partial charge on any atom is 0.260 e. The van der Waals surface area contributed by atoms with Crippen LogP contribution >= 0.6 is 0 Å². The van der Waals surface area contributed by atoms with Gasteiger partial charge in [-0.25, -0.2) is 18.7 Å². The summed E-state index contributed by atoms with van der Waals surface area (Å²) in [7, 11) is 0. The van der Waals surface area contributed by atoms with Crippen LogP contribution in [-0.2, 0) is 4.79 Å². The Balaban J connectivity index is 1.46. The number of hydrogen-bond donors (Lipinski definition) is 3. The Kier molecular flexibility index (Phi) is 5.74. The number of rotatable bonds is 7. The Morgan fingerprint density at radius 2 is 2.22 bits per heavy atom. The van der Waals surface area contributed by atoms with E-state index < -0.39 is 23.3 Å². The maximum absolute atomic E-state index is 13.4. The fourth-order valence-electron chi connectivity index (χ4n) is 4.24. The lowest BCUT2D eigenvalue weighted by molar-refractivity contribution is -0.137. The topological polar surface area (TPSA) is 117 Å². The van der Waals surface area contributed by atoms with E-state index in [1.165, 1.54) is 12.4 Å². The fraction of sp³-hybridized carbons (Fsp3) is 0.545. The van der Waals surface area contributed by atoms with E-state index in [0.717, 1.165) is 18.4 Å². The van der Waals surface area contributed by atoms with Crippen molar-refractivity contribution in [2.45, 2.75) is 63.1 Å². The molecule has 1 aliphatic carbocycles. The lowest BCUT2D eigenvalue weighted by atomic mass is 9.98. The van der Waals surface area contributed by atoms with Crippen LogP contribution in [0.1, 0.15) is 45.2 Å². The summed E-state index contributed by atoms with van der Waals surface area (Å²) >= 11 is 0. The molecule has 1 aromatic heterocycles. The minimum absolute atomic E-state index is 0.0799. The summed E-state index contributed by atoms with van der Waals surface area (Å²) in [4.78, 5) is 27.2. The molecule has 2 fully saturated rings. The van der Waals surface area contributed by atoms with Crippen molar-refractivity contribution in [3.05, 3.63) is 35.9 Å². The minimum atomic E-state index is -2.85. The highest BCUT2D eigenvalue weighted by atomic mass is 19.3. The van der Waals surface area contributed by atoms with Crippen molar-refractivity contribution in [2.24, 2.45) is 16.6 Å². The van der Waals surface area contributed by atoms with Crippen LogP contribution in [-0.4, -0.2) is 62.2 Å². The van der Waals surface area contributed by atoms with Gasteiger partial charge in [-0.1, -0.05) is 6.08 Å². The van der Waals surface area contributed by atoms with Gasteiger partial charge in [0, 0.05) is 31.1 Å². The van der Waals surface area contributed by atoms with E-state index in [0.29, 0.717) is 23.8 Å². The second kappa shape index (κ2) is 8.23. The highest BCUT2D eigenvalue weighted by Crippen LogP contribution is 2.51. The Morgan fingerprint density at radius 1 is 1.47 bits per heavy atom. The molecule has 3 heterocycles. The molecule has 1 saturated carbocycles. The number of carbonyl (C=O) groups excluding carboxylic acids is 1. The van der Waals surface area contributed by atoms with Gasteiger partial charge in [-0.3, -0.25) is 9.79 Å². The molecular formula is C22H28F2N6O2. The van der Waals surface area contributed by atoms with Crippen LogP contribution in [0.5, 0.6) is 0 Å². The van der Waals surface area contributed by atoms with Crippen LogP contribution in [0.3, 0.4) is 0 Å². The van der Waals surface area contributed by atoms with Gasteiger partial charge >= 0.3 is 0 Å². The van der Waals surface area contributed by atoms with Crippen molar-refractivity contribution in [2.75, 3.05) is 11.9 Å². The quantitative estimate of drug-likeness (QED) is 0.554. The van der Waals surface area contributed by atoms with Crippen molar-refractivity contribution in [1.82, 2.24) is 14.9 Å². The van der Waals surface area contributed by atoms with Gasteiger partial charge in [-0.2, -0.15) is 0 Å². The second-order valence-electron chi connectivity index (χ2n) is 9.25. The van der Waals surface area contributed by atoms with Crippen molar-refractivity contribution < 1.29 is 18.7 Å². The van der Waals surface area contributed by atoms with E-state index in [4.69, 9.17) is 5.73 Å². The molecule has 0 radical (unpaired) electrons. The Labute approximate surface area is 185 Å². The third-order valence-corrected chi connectivity index (χ3v) is 5.90. The third-order valence-electron chi connectivity index (χ3n) is 5.90. The van der Waals surface area contributed by atoms with Gasteiger partial charge in [0.1, 0.15) is 5.92 Å². The second-order valence-corrected chi connectivity index (χ2v) is 9.25. The number of nitrogens with one attached hydrogen (secondary N) is 1. The molecule has 172 valence electrons. The summed E-state index contributed by atoms with van der Waals surface area (Å²) < 4.78 is 26.8. The zero-order chi connectivity index (χ0) is 23.1. The van der Waals surface area contributed by atoms with Crippen LogP contribution in [0.25, 0.3) is 5.57 Å². The van der Waals surface area contributed by atoms with E-state index >= 15 is 0 Å². The first-order valence-corrected chi connectivity index (χ1v) is 10.7. The number of alkyl halides is 2. The first-order chi connectivity index (χ1) is 15.1. The highest BCUT2D eigenvalue weighted by Gasteiger charge is 2.63. The van der Waals surface area contributed by atoms with Gasteiger partial charge in [0.25, 0.3) is 5.92 Å². The number of hydrogen-bond acceptors (Lipinski definition) is 7. The zero-order valence-corrected chi connectivity index (χ0v) is 18.1. The van der Waals surface area contributed by atoms with Crippen LogP contribution in [0.2, 0.25) is 0 Å². The number of aliphatic imine (C=N–C) groups is 1. The third kappa shape index (κ3) is 4.79. The molecule has 0 aromatic carbocycles. The lowest BCUT2D eigenvalue weighted by Gasteiger charge is -2.34. The van der Waals surface area contributed by atoms with E-state index in [-0.39, 0.29) is 25.0 Å². The van der Waals surface area contributed by atoms with Gasteiger partial charge < -0.3 is 21.1 Å². The molecule has 1 aromatic rings.